The van der Waals surface area contributed by atoms with Gasteiger partial charge in [0, 0.05) is 50.0 Å². The van der Waals surface area contributed by atoms with Crippen LogP contribution >= 0.6 is 11.8 Å². The lowest BCUT2D eigenvalue weighted by atomic mass is 10.1. The SMILES string of the molecule is CC(=O)N1CCN(c2ccc(NC(=O)CSc3nnc(-c4ccccc4C)o3)cc2)CC1. The van der Waals surface area contributed by atoms with Gasteiger partial charge >= 0.3 is 0 Å². The Balaban J connectivity index is 1.27. The molecule has 166 valence electrons. The minimum absolute atomic E-state index is 0.118. The number of nitrogens with one attached hydrogen (secondary N) is 1. The number of benzene rings is 2. The molecule has 0 spiro atoms. The molecule has 2 heterocycles. The average molecular weight is 452 g/mol. The van der Waals surface area contributed by atoms with Gasteiger partial charge in [-0.15, -0.1) is 10.2 Å². The Morgan fingerprint density at radius 2 is 1.75 bits per heavy atom. The number of rotatable bonds is 6. The lowest BCUT2D eigenvalue weighted by Gasteiger charge is -2.35. The van der Waals surface area contributed by atoms with Gasteiger partial charge in [0.25, 0.3) is 5.22 Å². The molecular weight excluding hydrogens is 426 g/mol. The zero-order valence-corrected chi connectivity index (χ0v) is 18.9. The van der Waals surface area contributed by atoms with E-state index in [0.29, 0.717) is 11.1 Å². The van der Waals surface area contributed by atoms with E-state index in [0.717, 1.165) is 48.7 Å². The van der Waals surface area contributed by atoms with Gasteiger partial charge in [0.1, 0.15) is 0 Å². The van der Waals surface area contributed by atoms with E-state index in [1.54, 1.807) is 6.92 Å². The van der Waals surface area contributed by atoms with Crippen LogP contribution in [0.25, 0.3) is 11.5 Å². The molecule has 0 saturated carbocycles. The third-order valence-corrected chi connectivity index (χ3v) is 6.17. The van der Waals surface area contributed by atoms with Crippen molar-refractivity contribution < 1.29 is 14.0 Å². The topological polar surface area (TPSA) is 91.6 Å². The van der Waals surface area contributed by atoms with Gasteiger partial charge in [-0.05, 0) is 42.8 Å². The fourth-order valence-electron chi connectivity index (χ4n) is 3.55. The number of aryl methyl sites for hydroxylation is 1. The predicted octanol–water partition coefficient (Wildman–Crippen LogP) is 3.44. The maximum atomic E-state index is 12.3. The van der Waals surface area contributed by atoms with E-state index in [-0.39, 0.29) is 17.6 Å². The van der Waals surface area contributed by atoms with Crippen molar-refractivity contribution in [3.63, 3.8) is 0 Å². The summed E-state index contributed by atoms with van der Waals surface area (Å²) in [4.78, 5) is 27.9. The molecule has 2 amide bonds. The van der Waals surface area contributed by atoms with E-state index in [4.69, 9.17) is 4.42 Å². The third-order valence-electron chi connectivity index (χ3n) is 5.35. The van der Waals surface area contributed by atoms with Gasteiger partial charge in [-0.25, -0.2) is 0 Å². The molecule has 1 fully saturated rings. The number of carbonyl (C=O) groups is 2. The van der Waals surface area contributed by atoms with Crippen LogP contribution in [-0.4, -0.2) is 58.8 Å². The smallest absolute Gasteiger partial charge is 0.277 e. The van der Waals surface area contributed by atoms with E-state index in [1.165, 1.54) is 11.8 Å². The lowest BCUT2D eigenvalue weighted by Crippen LogP contribution is -2.48. The molecule has 1 saturated heterocycles. The van der Waals surface area contributed by atoms with E-state index < -0.39 is 0 Å². The van der Waals surface area contributed by atoms with Crippen molar-refractivity contribution in [2.75, 3.05) is 42.1 Å². The Kier molecular flexibility index (Phi) is 6.75. The summed E-state index contributed by atoms with van der Waals surface area (Å²) in [5, 5.41) is 11.4. The minimum Gasteiger partial charge on any atom is -0.411 e. The van der Waals surface area contributed by atoms with Crippen LogP contribution in [0, 0.1) is 6.92 Å². The molecule has 0 bridgehead atoms. The number of thioether (sulfide) groups is 1. The molecule has 8 nitrogen and oxygen atoms in total. The summed E-state index contributed by atoms with van der Waals surface area (Å²) in [6, 6.07) is 15.5. The molecule has 0 radical (unpaired) electrons. The maximum Gasteiger partial charge on any atom is 0.277 e. The summed E-state index contributed by atoms with van der Waals surface area (Å²) >= 11 is 1.20. The van der Waals surface area contributed by atoms with Crippen LogP contribution in [0.2, 0.25) is 0 Å². The fourth-order valence-corrected chi connectivity index (χ4v) is 4.11. The maximum absolute atomic E-state index is 12.3. The molecular formula is C23H25N5O3S. The lowest BCUT2D eigenvalue weighted by molar-refractivity contribution is -0.129. The number of carbonyl (C=O) groups excluding carboxylic acids is 2. The first-order valence-electron chi connectivity index (χ1n) is 10.4. The van der Waals surface area contributed by atoms with E-state index >= 15 is 0 Å². The van der Waals surface area contributed by atoms with Gasteiger partial charge in [-0.2, -0.15) is 0 Å². The van der Waals surface area contributed by atoms with E-state index in [2.05, 4.69) is 20.4 Å². The third kappa shape index (κ3) is 5.28. The molecule has 0 atom stereocenters. The minimum atomic E-state index is -0.145. The van der Waals surface area contributed by atoms with Gasteiger partial charge in [-0.3, -0.25) is 9.59 Å². The van der Waals surface area contributed by atoms with Crippen molar-refractivity contribution in [2.45, 2.75) is 19.1 Å². The largest absolute Gasteiger partial charge is 0.411 e. The first-order chi connectivity index (χ1) is 15.5. The number of hydrogen-bond acceptors (Lipinski definition) is 7. The Bertz CT molecular complexity index is 1090. The number of piperazine rings is 1. The first kappa shape index (κ1) is 21.9. The van der Waals surface area contributed by atoms with Crippen LogP contribution in [0.15, 0.2) is 58.2 Å². The number of hydrogen-bond donors (Lipinski definition) is 1. The number of anilines is 2. The summed E-state index contributed by atoms with van der Waals surface area (Å²) in [6.07, 6.45) is 0. The summed E-state index contributed by atoms with van der Waals surface area (Å²) in [7, 11) is 0. The number of nitrogens with zero attached hydrogens (tertiary/aromatic N) is 4. The zero-order chi connectivity index (χ0) is 22.5. The molecule has 1 aromatic heterocycles. The second kappa shape index (κ2) is 9.86. The molecule has 0 unspecified atom stereocenters. The highest BCUT2D eigenvalue weighted by Gasteiger charge is 2.19. The molecule has 1 aliphatic heterocycles. The van der Waals surface area contributed by atoms with Crippen molar-refractivity contribution in [2.24, 2.45) is 0 Å². The van der Waals surface area contributed by atoms with Gasteiger partial charge in [0.05, 0.1) is 5.75 Å². The quantitative estimate of drug-likeness (QED) is 0.574. The Labute approximate surface area is 191 Å². The van der Waals surface area contributed by atoms with Crippen LogP contribution < -0.4 is 10.2 Å². The fraction of sp³-hybridized carbons (Fsp3) is 0.304. The monoisotopic (exact) mass is 451 g/mol. The highest BCUT2D eigenvalue weighted by Crippen LogP contribution is 2.26. The van der Waals surface area contributed by atoms with Crippen molar-refractivity contribution in [3.05, 3.63) is 54.1 Å². The van der Waals surface area contributed by atoms with Crippen LogP contribution in [0.5, 0.6) is 0 Å². The standard InChI is InChI=1S/C23H25N5O3S/c1-16-5-3-4-6-20(16)22-25-26-23(31-22)32-15-21(30)24-18-7-9-19(10-8-18)28-13-11-27(12-14-28)17(2)29/h3-10H,11-15H2,1-2H3,(H,24,30). The Hall–Kier alpha value is -3.33. The summed E-state index contributed by atoms with van der Waals surface area (Å²) < 4.78 is 5.69. The zero-order valence-electron chi connectivity index (χ0n) is 18.1. The van der Waals surface area contributed by atoms with Gasteiger partial charge in [-0.1, -0.05) is 30.0 Å². The molecule has 3 aromatic rings. The number of aromatic nitrogens is 2. The molecule has 32 heavy (non-hydrogen) atoms. The highest BCUT2D eigenvalue weighted by molar-refractivity contribution is 7.99. The molecule has 9 heteroatoms. The second-order valence-electron chi connectivity index (χ2n) is 7.56. The van der Waals surface area contributed by atoms with Crippen LogP contribution in [0.3, 0.4) is 0 Å². The van der Waals surface area contributed by atoms with Gasteiger partial charge < -0.3 is 19.5 Å². The van der Waals surface area contributed by atoms with Crippen molar-refractivity contribution in [3.8, 4) is 11.5 Å². The summed E-state index contributed by atoms with van der Waals surface area (Å²) in [5.74, 6) is 0.594. The Morgan fingerprint density at radius 1 is 1.03 bits per heavy atom. The Morgan fingerprint density at radius 3 is 2.44 bits per heavy atom. The highest BCUT2D eigenvalue weighted by atomic mass is 32.2. The summed E-state index contributed by atoms with van der Waals surface area (Å²) in [5.41, 5.74) is 3.75. The predicted molar refractivity (Wildman–Crippen MR) is 125 cm³/mol. The first-order valence-corrected chi connectivity index (χ1v) is 11.4. The van der Waals surface area contributed by atoms with Crippen LogP contribution in [0.1, 0.15) is 12.5 Å². The van der Waals surface area contributed by atoms with Crippen molar-refractivity contribution >= 4 is 35.0 Å². The van der Waals surface area contributed by atoms with Gasteiger partial charge in [0.15, 0.2) is 0 Å². The molecule has 2 aromatic carbocycles. The average Bonchev–Trinajstić information content (AvgIpc) is 3.27. The van der Waals surface area contributed by atoms with Crippen LogP contribution in [0.4, 0.5) is 11.4 Å². The number of amides is 2. The van der Waals surface area contributed by atoms with Gasteiger partial charge in [0.2, 0.25) is 17.7 Å². The molecule has 4 rings (SSSR count). The summed E-state index contributed by atoms with van der Waals surface area (Å²) in [6.45, 7) is 6.65. The van der Waals surface area contributed by atoms with Crippen LogP contribution in [-0.2, 0) is 9.59 Å². The van der Waals surface area contributed by atoms with Crippen molar-refractivity contribution in [1.29, 1.82) is 0 Å². The normalized spacial score (nSPS) is 13.8. The molecule has 1 N–H and O–H groups in total. The van der Waals surface area contributed by atoms with E-state index in [9.17, 15) is 9.59 Å². The van der Waals surface area contributed by atoms with E-state index in [1.807, 2.05) is 60.4 Å². The molecule has 0 aliphatic carbocycles. The second-order valence-corrected chi connectivity index (χ2v) is 8.49. The van der Waals surface area contributed by atoms with Crippen molar-refractivity contribution in [1.82, 2.24) is 15.1 Å². The molecule has 1 aliphatic rings.